The molecule has 0 heterocycles. The standard InChI is InChI=1S/C3H10O3P.2C3H7.BrH.Cu/c1-2-3-7(4,5)6;2*1-3-2;;/h4-6H,2-3H2,1H3;2*1,3H2,2H3;1H;/q+1;2*-1;;+2. The summed E-state index contributed by atoms with van der Waals surface area (Å²) in [6.07, 6.45) is 2.73. The van der Waals surface area contributed by atoms with E-state index >= 15 is 0 Å². The van der Waals surface area contributed by atoms with Crippen LogP contribution in [-0.4, -0.2) is 20.8 Å². The summed E-state index contributed by atoms with van der Waals surface area (Å²) in [4.78, 5) is 24.7. The van der Waals surface area contributed by atoms with Crippen LogP contribution < -0.4 is 0 Å². The van der Waals surface area contributed by atoms with Gasteiger partial charge in [0.1, 0.15) is 6.16 Å². The van der Waals surface area contributed by atoms with Crippen molar-refractivity contribution in [2.45, 2.75) is 40.0 Å². The van der Waals surface area contributed by atoms with E-state index < -0.39 is 7.94 Å². The number of hydrogen-bond donors (Lipinski definition) is 3. The molecule has 15 heavy (non-hydrogen) atoms. The molecule has 3 nitrogen and oxygen atoms in total. The van der Waals surface area contributed by atoms with E-state index in [9.17, 15) is 0 Å². The first-order chi connectivity index (χ1) is 5.89. The van der Waals surface area contributed by atoms with Crippen molar-refractivity contribution in [1.82, 2.24) is 0 Å². The van der Waals surface area contributed by atoms with Gasteiger partial charge >= 0.3 is 25.0 Å². The molecule has 0 fully saturated rings. The molecule has 0 amide bonds. The van der Waals surface area contributed by atoms with Crippen LogP contribution in [0.2, 0.25) is 0 Å². The van der Waals surface area contributed by atoms with E-state index in [1.165, 1.54) is 0 Å². The first-order valence-electron chi connectivity index (χ1n) is 4.54. The zero-order chi connectivity index (χ0) is 11.3. The number of halogens is 1. The van der Waals surface area contributed by atoms with Gasteiger partial charge in [0, 0.05) is 0 Å². The molecule has 0 unspecified atom stereocenters. The van der Waals surface area contributed by atoms with Gasteiger partial charge in [-0.3, -0.25) is 0 Å². The summed E-state index contributed by atoms with van der Waals surface area (Å²) in [6.45, 7) is 12.8. The Kier molecular flexibility index (Phi) is 48.8. The fourth-order valence-electron chi connectivity index (χ4n) is 0.300. The molecule has 0 rings (SSSR count). The first kappa shape index (κ1) is 29.9. The van der Waals surface area contributed by atoms with Crippen molar-refractivity contribution in [2.75, 3.05) is 6.16 Å². The predicted octanol–water partition coefficient (Wildman–Crippen LogP) is 3.17. The Morgan fingerprint density at radius 3 is 1.13 bits per heavy atom. The van der Waals surface area contributed by atoms with Crippen LogP contribution in [0.25, 0.3) is 0 Å². The van der Waals surface area contributed by atoms with Crippen LogP contribution in [-0.2, 0) is 17.1 Å². The van der Waals surface area contributed by atoms with Crippen LogP contribution in [0.1, 0.15) is 40.0 Å². The summed E-state index contributed by atoms with van der Waals surface area (Å²) in [5.74, 6) is 0. The summed E-state index contributed by atoms with van der Waals surface area (Å²) in [6, 6.07) is 0. The first-order valence-corrected chi connectivity index (χ1v) is 6.37. The van der Waals surface area contributed by atoms with Gasteiger partial charge < -0.3 is 13.8 Å². The van der Waals surface area contributed by atoms with Crippen molar-refractivity contribution in [3.63, 3.8) is 0 Å². The van der Waals surface area contributed by atoms with Crippen LogP contribution in [0.3, 0.4) is 0 Å². The average Bonchev–Trinajstić information content (AvgIpc) is 1.87. The monoisotopic (exact) mass is 354 g/mol. The summed E-state index contributed by atoms with van der Waals surface area (Å²) in [7, 11) is -3.42. The smallest absolute Gasteiger partial charge is 0.344 e. The summed E-state index contributed by atoms with van der Waals surface area (Å²) in [5, 5.41) is 0. The van der Waals surface area contributed by atoms with E-state index in [-0.39, 0.29) is 40.2 Å². The minimum atomic E-state index is -3.42. The maximum Gasteiger partial charge on any atom is 2.00 e. The van der Waals surface area contributed by atoms with Crippen LogP contribution in [0.15, 0.2) is 0 Å². The van der Waals surface area contributed by atoms with Crippen molar-refractivity contribution in [2.24, 2.45) is 0 Å². The second-order valence-corrected chi connectivity index (χ2v) is 4.25. The van der Waals surface area contributed by atoms with Gasteiger partial charge in [0.15, 0.2) is 0 Å². The fourth-order valence-corrected chi connectivity index (χ4v) is 0.900. The van der Waals surface area contributed by atoms with Crippen molar-refractivity contribution in [1.29, 1.82) is 0 Å². The molecule has 0 saturated heterocycles. The second kappa shape index (κ2) is 24.5. The number of rotatable bonds is 2. The van der Waals surface area contributed by atoms with Gasteiger partial charge in [-0.05, 0) is 6.42 Å². The molecule has 0 aromatic rings. The Morgan fingerprint density at radius 1 is 0.933 bits per heavy atom. The molecule has 0 atom stereocenters. The summed E-state index contributed by atoms with van der Waals surface area (Å²) < 4.78 is 0. The third kappa shape index (κ3) is 96.2. The van der Waals surface area contributed by atoms with Gasteiger partial charge in [0.25, 0.3) is 0 Å². The molecular weight excluding hydrogens is 331 g/mol. The molecule has 1 radical (unpaired) electrons. The van der Waals surface area contributed by atoms with Gasteiger partial charge in [-0.25, -0.2) is 0 Å². The Labute approximate surface area is 117 Å². The Morgan fingerprint density at radius 2 is 1.13 bits per heavy atom. The van der Waals surface area contributed by atoms with Crippen LogP contribution >= 0.6 is 24.9 Å². The second-order valence-electron chi connectivity index (χ2n) is 2.42. The topological polar surface area (TPSA) is 60.7 Å². The van der Waals surface area contributed by atoms with Crippen LogP contribution in [0, 0.1) is 13.8 Å². The molecular formula is C9H25BrCuO3P+. The van der Waals surface area contributed by atoms with Crippen molar-refractivity contribution in [3.05, 3.63) is 13.8 Å². The van der Waals surface area contributed by atoms with E-state index in [1.54, 1.807) is 6.92 Å². The molecule has 0 aliphatic carbocycles. The zero-order valence-corrected chi connectivity index (χ0v) is 13.3. The van der Waals surface area contributed by atoms with Gasteiger partial charge in [-0.2, -0.15) is 27.5 Å². The quantitative estimate of drug-likeness (QED) is 0.405. The minimum Gasteiger partial charge on any atom is -0.344 e. The van der Waals surface area contributed by atoms with Gasteiger partial charge in [0.05, 0.1) is 0 Å². The van der Waals surface area contributed by atoms with Crippen molar-refractivity contribution < 1.29 is 31.7 Å². The molecule has 0 saturated carbocycles. The average molecular weight is 356 g/mol. The normalized spacial score (nSPS) is 8.00. The minimum absolute atomic E-state index is 0. The van der Waals surface area contributed by atoms with Gasteiger partial charge in [0.2, 0.25) is 0 Å². The predicted molar refractivity (Wildman–Crippen MR) is 70.4 cm³/mol. The third-order valence-corrected chi connectivity index (χ3v) is 1.57. The maximum atomic E-state index is 8.24. The maximum absolute atomic E-state index is 8.24. The molecule has 0 aromatic carbocycles. The van der Waals surface area contributed by atoms with Gasteiger partial charge in [-0.15, -0.1) is 17.0 Å². The molecule has 6 heteroatoms. The SMILES string of the molecule is Br.CCC[P+](O)(O)O.[CH2-]CC.[CH2-]CC.[Cu+2]. The molecule has 0 aliphatic rings. The zero-order valence-electron chi connectivity index (χ0n) is 9.74. The van der Waals surface area contributed by atoms with E-state index in [4.69, 9.17) is 14.7 Å². The molecule has 101 valence electrons. The van der Waals surface area contributed by atoms with Crippen LogP contribution in [0.4, 0.5) is 0 Å². The summed E-state index contributed by atoms with van der Waals surface area (Å²) >= 11 is 0. The van der Waals surface area contributed by atoms with Crippen molar-refractivity contribution in [3.8, 4) is 0 Å². The molecule has 0 aromatic heterocycles. The van der Waals surface area contributed by atoms with Gasteiger partial charge in [-0.1, -0.05) is 20.8 Å². The Bertz CT molecular complexity index is 80.2. The molecule has 3 N–H and O–H groups in total. The summed E-state index contributed by atoms with van der Waals surface area (Å²) in [5.41, 5.74) is 0. The third-order valence-electron chi connectivity index (χ3n) is 0.524. The van der Waals surface area contributed by atoms with E-state index in [0.29, 0.717) is 6.42 Å². The fraction of sp³-hybridized carbons (Fsp3) is 0.778. The Balaban J connectivity index is -0.0000000361. The molecule has 0 spiro atoms. The molecule has 0 aliphatic heterocycles. The van der Waals surface area contributed by atoms with Crippen LogP contribution in [0.5, 0.6) is 0 Å². The van der Waals surface area contributed by atoms with E-state index in [0.717, 1.165) is 12.8 Å². The van der Waals surface area contributed by atoms with E-state index in [1.807, 2.05) is 13.8 Å². The number of hydrogen-bond acceptors (Lipinski definition) is 3. The largest absolute Gasteiger partial charge is 2.00 e. The Hall–Kier alpha value is 1.31. The van der Waals surface area contributed by atoms with Crippen molar-refractivity contribution >= 4 is 24.9 Å². The molecule has 0 bridgehead atoms. The van der Waals surface area contributed by atoms with E-state index in [2.05, 4.69) is 13.8 Å².